The zero-order valence-corrected chi connectivity index (χ0v) is 14.1. The number of aryl methyl sites for hydroxylation is 2. The summed E-state index contributed by atoms with van der Waals surface area (Å²) in [5.41, 5.74) is 3.87. The molecule has 3 aromatic rings. The van der Waals surface area contributed by atoms with E-state index < -0.39 is 16.1 Å². The minimum Gasteiger partial charge on any atom is -0.341 e. The van der Waals surface area contributed by atoms with Gasteiger partial charge < -0.3 is 4.98 Å². The van der Waals surface area contributed by atoms with Crippen LogP contribution in [-0.4, -0.2) is 18.4 Å². The van der Waals surface area contributed by atoms with Gasteiger partial charge in [0.15, 0.2) is 0 Å². The molecule has 0 aliphatic rings. The van der Waals surface area contributed by atoms with Gasteiger partial charge >= 0.3 is 0 Å². The zero-order valence-electron chi connectivity index (χ0n) is 13.3. The molecule has 23 heavy (non-hydrogen) atoms. The normalized spacial score (nSPS) is 13.3. The van der Waals surface area contributed by atoms with Crippen molar-refractivity contribution >= 4 is 21.1 Å². The van der Waals surface area contributed by atoms with E-state index in [1.165, 1.54) is 0 Å². The van der Waals surface area contributed by atoms with E-state index in [1.54, 1.807) is 31.2 Å². The van der Waals surface area contributed by atoms with Gasteiger partial charge in [0.05, 0.1) is 22.0 Å². The standard InChI is InChI=1S/C17H19N3O2S/c1-11-4-7-14(8-5-11)23(21,22)20-13(3)17-18-15-9-6-12(2)10-16(15)19-17/h4-10,13,20H,1-3H3,(H,18,19). The molecule has 0 amide bonds. The summed E-state index contributed by atoms with van der Waals surface area (Å²) < 4.78 is 27.5. The lowest BCUT2D eigenvalue weighted by Gasteiger charge is -2.12. The second-order valence-corrected chi connectivity index (χ2v) is 7.51. The van der Waals surface area contributed by atoms with E-state index in [0.717, 1.165) is 22.2 Å². The number of benzene rings is 2. The molecule has 0 saturated carbocycles. The smallest absolute Gasteiger partial charge is 0.241 e. The molecular formula is C17H19N3O2S. The van der Waals surface area contributed by atoms with Gasteiger partial charge in [0, 0.05) is 0 Å². The Bertz CT molecular complexity index is 944. The maximum atomic E-state index is 12.4. The topological polar surface area (TPSA) is 74.8 Å². The summed E-state index contributed by atoms with van der Waals surface area (Å²) >= 11 is 0. The van der Waals surface area contributed by atoms with E-state index in [4.69, 9.17) is 0 Å². The molecule has 0 bridgehead atoms. The van der Waals surface area contributed by atoms with E-state index in [2.05, 4.69) is 14.7 Å². The summed E-state index contributed by atoms with van der Waals surface area (Å²) in [4.78, 5) is 7.90. The number of aromatic amines is 1. The lowest BCUT2D eigenvalue weighted by atomic mass is 10.2. The van der Waals surface area contributed by atoms with Gasteiger partial charge in [0.25, 0.3) is 0 Å². The van der Waals surface area contributed by atoms with Crippen LogP contribution < -0.4 is 4.72 Å². The number of imidazole rings is 1. The first kappa shape index (κ1) is 15.7. The highest BCUT2D eigenvalue weighted by Gasteiger charge is 2.20. The highest BCUT2D eigenvalue weighted by atomic mass is 32.2. The summed E-state index contributed by atoms with van der Waals surface area (Å²) in [5, 5.41) is 0. The van der Waals surface area contributed by atoms with Crippen molar-refractivity contribution in [1.82, 2.24) is 14.7 Å². The second-order valence-electron chi connectivity index (χ2n) is 5.80. The lowest BCUT2D eigenvalue weighted by molar-refractivity contribution is 0.561. The third-order valence-corrected chi connectivity index (χ3v) is 5.29. The minimum atomic E-state index is -3.58. The van der Waals surface area contributed by atoms with Crippen LogP contribution in [0.3, 0.4) is 0 Å². The molecule has 0 aliphatic carbocycles. The fourth-order valence-electron chi connectivity index (χ4n) is 2.42. The SMILES string of the molecule is Cc1ccc(S(=O)(=O)NC(C)c2nc3ccc(C)cc3[nH]2)cc1. The number of aromatic nitrogens is 2. The minimum absolute atomic E-state index is 0.252. The third-order valence-electron chi connectivity index (χ3n) is 3.73. The Labute approximate surface area is 135 Å². The number of nitrogens with one attached hydrogen (secondary N) is 2. The van der Waals surface area contributed by atoms with Crippen molar-refractivity contribution in [2.24, 2.45) is 0 Å². The Morgan fingerprint density at radius 3 is 2.39 bits per heavy atom. The monoisotopic (exact) mass is 329 g/mol. The van der Waals surface area contributed by atoms with E-state index in [1.807, 2.05) is 32.0 Å². The number of hydrogen-bond donors (Lipinski definition) is 2. The molecule has 1 aromatic heterocycles. The van der Waals surface area contributed by atoms with Crippen molar-refractivity contribution in [2.75, 3.05) is 0 Å². The number of hydrogen-bond acceptors (Lipinski definition) is 3. The molecule has 0 fully saturated rings. The third kappa shape index (κ3) is 3.28. The maximum absolute atomic E-state index is 12.4. The van der Waals surface area contributed by atoms with Crippen LogP contribution in [0.25, 0.3) is 11.0 Å². The van der Waals surface area contributed by atoms with Crippen molar-refractivity contribution in [2.45, 2.75) is 31.7 Å². The second kappa shape index (κ2) is 5.79. The Morgan fingerprint density at radius 1 is 1.04 bits per heavy atom. The summed E-state index contributed by atoms with van der Waals surface area (Å²) in [6, 6.07) is 12.2. The average molecular weight is 329 g/mol. The maximum Gasteiger partial charge on any atom is 0.241 e. The molecule has 2 N–H and O–H groups in total. The summed E-state index contributed by atoms with van der Waals surface area (Å²) in [6.45, 7) is 5.70. The van der Waals surface area contributed by atoms with Gasteiger partial charge in [-0.1, -0.05) is 23.8 Å². The molecule has 2 aromatic carbocycles. The van der Waals surface area contributed by atoms with Crippen molar-refractivity contribution in [3.63, 3.8) is 0 Å². The van der Waals surface area contributed by atoms with Crippen LogP contribution in [0.2, 0.25) is 0 Å². The quantitative estimate of drug-likeness (QED) is 0.772. The van der Waals surface area contributed by atoms with Gasteiger partial charge in [-0.25, -0.2) is 18.1 Å². The molecule has 3 rings (SSSR count). The van der Waals surface area contributed by atoms with Crippen LogP contribution in [0.4, 0.5) is 0 Å². The first-order chi connectivity index (χ1) is 10.8. The predicted octanol–water partition coefficient (Wildman–Crippen LogP) is 3.22. The first-order valence-electron chi connectivity index (χ1n) is 7.40. The Hall–Kier alpha value is -2.18. The molecule has 1 unspecified atom stereocenters. The molecule has 0 spiro atoms. The summed E-state index contributed by atoms with van der Waals surface area (Å²) in [6.07, 6.45) is 0. The molecule has 1 atom stereocenters. The van der Waals surface area contributed by atoms with Crippen molar-refractivity contribution in [1.29, 1.82) is 0 Å². The molecule has 0 aliphatic heterocycles. The van der Waals surface area contributed by atoms with Gasteiger partial charge in [-0.15, -0.1) is 0 Å². The fraction of sp³-hybridized carbons (Fsp3) is 0.235. The van der Waals surface area contributed by atoms with E-state index >= 15 is 0 Å². The first-order valence-corrected chi connectivity index (χ1v) is 8.89. The zero-order chi connectivity index (χ0) is 16.6. The predicted molar refractivity (Wildman–Crippen MR) is 90.7 cm³/mol. The van der Waals surface area contributed by atoms with Crippen LogP contribution in [-0.2, 0) is 10.0 Å². The Kier molecular flexibility index (Phi) is 3.95. The van der Waals surface area contributed by atoms with Crippen LogP contribution in [0.5, 0.6) is 0 Å². The van der Waals surface area contributed by atoms with Gasteiger partial charge in [0.2, 0.25) is 10.0 Å². The Morgan fingerprint density at radius 2 is 1.70 bits per heavy atom. The van der Waals surface area contributed by atoms with Gasteiger partial charge in [-0.2, -0.15) is 0 Å². The molecule has 6 heteroatoms. The number of sulfonamides is 1. The molecule has 0 radical (unpaired) electrons. The Balaban J connectivity index is 1.87. The number of nitrogens with zero attached hydrogens (tertiary/aromatic N) is 1. The van der Waals surface area contributed by atoms with Crippen LogP contribution in [0.15, 0.2) is 47.4 Å². The number of rotatable bonds is 4. The molecule has 5 nitrogen and oxygen atoms in total. The van der Waals surface area contributed by atoms with Gasteiger partial charge in [0.1, 0.15) is 5.82 Å². The fourth-order valence-corrected chi connectivity index (χ4v) is 3.63. The average Bonchev–Trinajstić information content (AvgIpc) is 2.90. The van der Waals surface area contributed by atoms with E-state index in [-0.39, 0.29) is 4.90 Å². The highest BCUT2D eigenvalue weighted by molar-refractivity contribution is 7.89. The van der Waals surface area contributed by atoms with E-state index in [0.29, 0.717) is 5.82 Å². The van der Waals surface area contributed by atoms with E-state index in [9.17, 15) is 8.42 Å². The van der Waals surface area contributed by atoms with Crippen molar-refractivity contribution in [3.05, 3.63) is 59.4 Å². The van der Waals surface area contributed by atoms with Crippen LogP contribution >= 0.6 is 0 Å². The largest absolute Gasteiger partial charge is 0.341 e. The number of H-pyrrole nitrogens is 1. The molecule has 1 heterocycles. The van der Waals surface area contributed by atoms with Gasteiger partial charge in [-0.05, 0) is 50.6 Å². The van der Waals surface area contributed by atoms with Crippen molar-refractivity contribution < 1.29 is 8.42 Å². The summed E-state index contributed by atoms with van der Waals surface area (Å²) in [7, 11) is -3.58. The number of fused-ring (bicyclic) bond motifs is 1. The summed E-state index contributed by atoms with van der Waals surface area (Å²) in [5.74, 6) is 0.598. The van der Waals surface area contributed by atoms with Crippen molar-refractivity contribution in [3.8, 4) is 0 Å². The highest BCUT2D eigenvalue weighted by Crippen LogP contribution is 2.19. The molecule has 0 saturated heterocycles. The molecule has 120 valence electrons. The molecular weight excluding hydrogens is 310 g/mol. The lowest BCUT2D eigenvalue weighted by Crippen LogP contribution is -2.27. The van der Waals surface area contributed by atoms with Crippen LogP contribution in [0.1, 0.15) is 29.9 Å². The van der Waals surface area contributed by atoms with Crippen LogP contribution in [0, 0.1) is 13.8 Å². The van der Waals surface area contributed by atoms with Gasteiger partial charge in [-0.3, -0.25) is 0 Å².